The molecule has 2 aliphatic heterocycles. The van der Waals surface area contributed by atoms with Crippen molar-refractivity contribution in [3.63, 3.8) is 0 Å². The fourth-order valence-electron chi connectivity index (χ4n) is 4.81. The highest BCUT2D eigenvalue weighted by molar-refractivity contribution is 5.80. The Bertz CT molecular complexity index is 971. The third-order valence-electron chi connectivity index (χ3n) is 6.64. The van der Waals surface area contributed by atoms with Gasteiger partial charge >= 0.3 is 0 Å². The van der Waals surface area contributed by atoms with Crippen molar-refractivity contribution in [2.45, 2.75) is 91.3 Å². The third kappa shape index (κ3) is 4.98. The van der Waals surface area contributed by atoms with Crippen molar-refractivity contribution in [2.75, 3.05) is 10.6 Å². The lowest BCUT2D eigenvalue weighted by Gasteiger charge is -2.42. The summed E-state index contributed by atoms with van der Waals surface area (Å²) in [7, 11) is 0. The number of fused-ring (bicyclic) bond motifs is 2. The zero-order valence-corrected chi connectivity index (χ0v) is 20.6. The number of aryl methyl sites for hydroxylation is 2. The average molecular weight is 421 g/mol. The van der Waals surface area contributed by atoms with Crippen LogP contribution in [0.1, 0.15) is 83.6 Å². The number of rotatable bonds is 2. The molecule has 2 aromatic carbocycles. The van der Waals surface area contributed by atoms with Crippen molar-refractivity contribution >= 4 is 16.9 Å². The molecule has 168 valence electrons. The number of aliphatic hydroxyl groups is 1. The Labute approximate surface area is 189 Å². The van der Waals surface area contributed by atoms with E-state index in [1.807, 2.05) is 0 Å². The fourth-order valence-corrected chi connectivity index (χ4v) is 4.81. The molecule has 2 aliphatic rings. The van der Waals surface area contributed by atoms with E-state index in [1.54, 1.807) is 0 Å². The Hall–Kier alpha value is -2.26. The van der Waals surface area contributed by atoms with Crippen LogP contribution in [-0.2, 0) is 12.8 Å². The molecule has 0 saturated carbocycles. The van der Waals surface area contributed by atoms with Crippen LogP contribution < -0.4 is 10.6 Å². The highest BCUT2D eigenvalue weighted by Gasteiger charge is 2.38. The smallest absolute Gasteiger partial charge is 0.0830 e. The summed E-state index contributed by atoms with van der Waals surface area (Å²) in [5, 5.41) is 17.2. The van der Waals surface area contributed by atoms with Gasteiger partial charge in [-0.2, -0.15) is 0 Å². The molecule has 0 radical (unpaired) electrons. The summed E-state index contributed by atoms with van der Waals surface area (Å²) < 4.78 is 0. The van der Waals surface area contributed by atoms with Gasteiger partial charge in [-0.25, -0.2) is 0 Å². The first-order valence-corrected chi connectivity index (χ1v) is 11.7. The first kappa shape index (κ1) is 23.4. The number of hydrogen-bond acceptors (Lipinski definition) is 3. The lowest BCUT2D eigenvalue weighted by atomic mass is 9.79. The highest BCUT2D eigenvalue weighted by Crippen LogP contribution is 2.39. The summed E-state index contributed by atoms with van der Waals surface area (Å²) in [6.45, 7) is 17.2. The van der Waals surface area contributed by atoms with E-state index in [9.17, 15) is 5.11 Å². The molecule has 31 heavy (non-hydrogen) atoms. The summed E-state index contributed by atoms with van der Waals surface area (Å²) in [6.07, 6.45) is 4.10. The summed E-state index contributed by atoms with van der Waals surface area (Å²) >= 11 is 0. The monoisotopic (exact) mass is 420 g/mol. The first-order valence-electron chi connectivity index (χ1n) is 11.7. The standard InChI is InChI=1S/C14H21NO.C14H19N/c1-5-10-6-7-11-9(2)13(16)14(3,4)15-12(11)8-10;1-5-11-6-7-12-10(2)9-14(3,4)15-13(12)8-11/h6-9,13,15-16H,5H2,1-4H3;6-9,15H,5H2,1-4H3. The lowest BCUT2D eigenvalue weighted by molar-refractivity contribution is 0.0869. The zero-order valence-electron chi connectivity index (χ0n) is 20.6. The third-order valence-corrected chi connectivity index (χ3v) is 6.64. The quantitative estimate of drug-likeness (QED) is 0.502. The van der Waals surface area contributed by atoms with Gasteiger partial charge in [-0.05, 0) is 81.9 Å². The lowest BCUT2D eigenvalue weighted by Crippen LogP contribution is -2.49. The molecule has 0 spiro atoms. The molecule has 0 fully saturated rings. The minimum absolute atomic E-state index is 0.0729. The van der Waals surface area contributed by atoms with Crippen LogP contribution in [0.4, 0.5) is 11.4 Å². The highest BCUT2D eigenvalue weighted by atomic mass is 16.3. The number of allylic oxidation sites excluding steroid dienone is 1. The van der Waals surface area contributed by atoms with Gasteiger partial charge in [-0.3, -0.25) is 0 Å². The Morgan fingerprint density at radius 2 is 1.45 bits per heavy atom. The minimum atomic E-state index is -0.340. The minimum Gasteiger partial charge on any atom is -0.390 e. The molecule has 3 nitrogen and oxygen atoms in total. The second-order valence-electron chi connectivity index (χ2n) is 10.3. The first-order chi connectivity index (χ1) is 14.5. The van der Waals surface area contributed by atoms with Crippen LogP contribution in [0.2, 0.25) is 0 Å². The van der Waals surface area contributed by atoms with Gasteiger partial charge in [0.25, 0.3) is 0 Å². The van der Waals surface area contributed by atoms with Crippen LogP contribution in [0.25, 0.3) is 5.57 Å². The van der Waals surface area contributed by atoms with Gasteiger partial charge in [0.05, 0.1) is 17.2 Å². The molecular formula is C28H40N2O. The zero-order chi connectivity index (χ0) is 23.0. The SMILES string of the molecule is CCc1ccc2c(c1)NC(C)(C)C(O)C2C.CCc1ccc2c(c1)NC(C)(C)C=C2C. The largest absolute Gasteiger partial charge is 0.390 e. The number of anilines is 2. The van der Waals surface area contributed by atoms with Gasteiger partial charge in [0.2, 0.25) is 0 Å². The number of hydrogen-bond donors (Lipinski definition) is 3. The molecule has 2 heterocycles. The normalized spacial score (nSPS) is 22.5. The predicted octanol–water partition coefficient (Wildman–Crippen LogP) is 6.77. The summed E-state index contributed by atoms with van der Waals surface area (Å²) in [5.41, 5.74) is 8.95. The number of nitrogens with one attached hydrogen (secondary N) is 2. The Morgan fingerprint density at radius 1 is 0.871 bits per heavy atom. The molecule has 2 unspecified atom stereocenters. The molecule has 0 bridgehead atoms. The Kier molecular flexibility index (Phi) is 6.57. The topological polar surface area (TPSA) is 44.3 Å². The van der Waals surface area contributed by atoms with Crippen LogP contribution in [-0.4, -0.2) is 22.3 Å². The predicted molar refractivity (Wildman–Crippen MR) is 135 cm³/mol. The molecule has 3 heteroatoms. The van der Waals surface area contributed by atoms with Crippen LogP contribution >= 0.6 is 0 Å². The second kappa shape index (κ2) is 8.70. The number of aliphatic hydroxyl groups excluding tert-OH is 1. The van der Waals surface area contributed by atoms with E-state index in [0.29, 0.717) is 0 Å². The van der Waals surface area contributed by atoms with E-state index >= 15 is 0 Å². The maximum atomic E-state index is 10.2. The van der Waals surface area contributed by atoms with Crippen molar-refractivity contribution in [3.05, 3.63) is 64.7 Å². The van der Waals surface area contributed by atoms with Gasteiger partial charge in [-0.15, -0.1) is 0 Å². The Morgan fingerprint density at radius 3 is 2.06 bits per heavy atom. The van der Waals surface area contributed by atoms with Crippen molar-refractivity contribution in [3.8, 4) is 0 Å². The Balaban J connectivity index is 0.000000176. The van der Waals surface area contributed by atoms with E-state index < -0.39 is 0 Å². The molecule has 2 atom stereocenters. The molecule has 2 aromatic rings. The average Bonchev–Trinajstić information content (AvgIpc) is 2.70. The van der Waals surface area contributed by atoms with Gasteiger partial charge < -0.3 is 15.7 Å². The number of benzene rings is 2. The molecule has 3 N–H and O–H groups in total. The molecular weight excluding hydrogens is 380 g/mol. The summed E-state index contributed by atoms with van der Waals surface area (Å²) in [4.78, 5) is 0. The van der Waals surface area contributed by atoms with Crippen LogP contribution in [0.15, 0.2) is 42.5 Å². The molecule has 0 aromatic heterocycles. The van der Waals surface area contributed by atoms with Gasteiger partial charge in [0.15, 0.2) is 0 Å². The van der Waals surface area contributed by atoms with Crippen molar-refractivity contribution in [1.82, 2.24) is 0 Å². The van der Waals surface area contributed by atoms with Crippen LogP contribution in [0.5, 0.6) is 0 Å². The van der Waals surface area contributed by atoms with Crippen LogP contribution in [0.3, 0.4) is 0 Å². The van der Waals surface area contributed by atoms with E-state index in [1.165, 1.54) is 39.2 Å². The summed E-state index contributed by atoms with van der Waals surface area (Å²) in [5.74, 6) is 0.192. The van der Waals surface area contributed by atoms with Crippen molar-refractivity contribution < 1.29 is 5.11 Å². The summed E-state index contributed by atoms with van der Waals surface area (Å²) in [6, 6.07) is 13.2. The molecule has 4 rings (SSSR count). The molecule has 0 saturated heterocycles. The van der Waals surface area contributed by atoms with Crippen molar-refractivity contribution in [1.29, 1.82) is 0 Å². The van der Waals surface area contributed by atoms with E-state index in [2.05, 4.69) is 108 Å². The van der Waals surface area contributed by atoms with Gasteiger partial charge in [0, 0.05) is 22.9 Å². The molecule has 0 aliphatic carbocycles. The molecule has 0 amide bonds. The maximum Gasteiger partial charge on any atom is 0.0830 e. The van der Waals surface area contributed by atoms with Crippen molar-refractivity contribution in [2.24, 2.45) is 0 Å². The van der Waals surface area contributed by atoms with Gasteiger partial charge in [-0.1, -0.05) is 51.1 Å². The van der Waals surface area contributed by atoms with Crippen LogP contribution in [0, 0.1) is 0 Å². The van der Waals surface area contributed by atoms with Gasteiger partial charge in [0.1, 0.15) is 0 Å². The van der Waals surface area contributed by atoms with E-state index in [0.717, 1.165) is 12.8 Å². The van der Waals surface area contributed by atoms with E-state index in [-0.39, 0.29) is 23.1 Å². The van der Waals surface area contributed by atoms with E-state index in [4.69, 9.17) is 0 Å². The second-order valence-corrected chi connectivity index (χ2v) is 10.3. The maximum absolute atomic E-state index is 10.2. The fraction of sp³-hybridized carbons (Fsp3) is 0.500.